The van der Waals surface area contributed by atoms with Crippen molar-refractivity contribution in [1.82, 2.24) is 0 Å². The number of carbonyl (C=O) groups is 2. The summed E-state index contributed by atoms with van der Waals surface area (Å²) in [5, 5.41) is 41.4. The molecule has 2 rings (SSSR count). The van der Waals surface area contributed by atoms with Crippen molar-refractivity contribution in [2.75, 3.05) is 18.5 Å². The Morgan fingerprint density at radius 3 is 2.45 bits per heavy atom. The van der Waals surface area contributed by atoms with Crippen molar-refractivity contribution in [3.63, 3.8) is 0 Å². The van der Waals surface area contributed by atoms with Gasteiger partial charge < -0.3 is 34.6 Å². The van der Waals surface area contributed by atoms with Gasteiger partial charge in [-0.1, -0.05) is 19.1 Å². The first-order valence-electron chi connectivity index (χ1n) is 10.7. The van der Waals surface area contributed by atoms with Crippen LogP contribution >= 0.6 is 0 Å². The molecule has 0 radical (unpaired) electrons. The number of anilines is 1. The Bertz CT molecular complexity index is 847. The molecule has 1 aromatic carbocycles. The van der Waals surface area contributed by atoms with Crippen LogP contribution in [0.4, 0.5) is 10.5 Å². The molecule has 1 amide bonds. The zero-order chi connectivity index (χ0) is 24.8. The van der Waals surface area contributed by atoms with Crippen LogP contribution in [-0.4, -0.2) is 76.4 Å². The van der Waals surface area contributed by atoms with Crippen molar-refractivity contribution < 1.29 is 44.2 Å². The van der Waals surface area contributed by atoms with Gasteiger partial charge in [0.1, 0.15) is 31.0 Å². The highest BCUT2D eigenvalue weighted by atomic mass is 16.7. The summed E-state index contributed by atoms with van der Waals surface area (Å²) in [5.41, 5.74) is 1.55. The van der Waals surface area contributed by atoms with E-state index in [0.29, 0.717) is 12.1 Å². The van der Waals surface area contributed by atoms with E-state index in [4.69, 9.17) is 14.2 Å². The SMILES string of the molecule is CCc1cc(/C=C/COC(=O)C(C)(C)C)ccc1NC(=O)O[C@@H]1O[C@H](CO)[C@H](O)[C@H](O)[C@H]1O. The smallest absolute Gasteiger partial charge is 0.414 e. The Labute approximate surface area is 192 Å². The maximum absolute atomic E-state index is 12.3. The van der Waals surface area contributed by atoms with Crippen molar-refractivity contribution in [2.45, 2.75) is 64.8 Å². The van der Waals surface area contributed by atoms with Crippen molar-refractivity contribution in [3.8, 4) is 0 Å². The number of rotatable bonds is 7. The summed E-state index contributed by atoms with van der Waals surface area (Å²) in [4.78, 5) is 24.1. The maximum Gasteiger partial charge on any atom is 0.414 e. The van der Waals surface area contributed by atoms with Crippen molar-refractivity contribution in [3.05, 3.63) is 35.4 Å². The monoisotopic (exact) mass is 467 g/mol. The molecule has 0 aromatic heterocycles. The second-order valence-corrected chi connectivity index (χ2v) is 8.75. The van der Waals surface area contributed by atoms with Crippen LogP contribution in [0.25, 0.3) is 6.08 Å². The fraction of sp³-hybridized carbons (Fsp3) is 0.565. The van der Waals surface area contributed by atoms with Crippen LogP contribution in [0.5, 0.6) is 0 Å². The zero-order valence-electron chi connectivity index (χ0n) is 19.2. The van der Waals surface area contributed by atoms with E-state index in [9.17, 15) is 30.0 Å². The van der Waals surface area contributed by atoms with Gasteiger partial charge in [-0.3, -0.25) is 10.1 Å². The van der Waals surface area contributed by atoms with E-state index in [1.165, 1.54) is 0 Å². The molecule has 1 saturated heterocycles. The summed E-state index contributed by atoms with van der Waals surface area (Å²) in [6.45, 7) is 6.75. The molecule has 1 fully saturated rings. The van der Waals surface area contributed by atoms with E-state index < -0.39 is 48.8 Å². The van der Waals surface area contributed by atoms with Gasteiger partial charge in [0.25, 0.3) is 0 Å². The largest absolute Gasteiger partial charge is 0.461 e. The molecule has 0 unspecified atom stereocenters. The van der Waals surface area contributed by atoms with Gasteiger partial charge in [0.2, 0.25) is 6.29 Å². The topological polar surface area (TPSA) is 155 Å². The minimum atomic E-state index is -1.68. The van der Waals surface area contributed by atoms with Crippen LogP contribution < -0.4 is 5.32 Å². The average molecular weight is 468 g/mol. The second kappa shape index (κ2) is 11.6. The first-order chi connectivity index (χ1) is 15.5. The molecule has 5 N–H and O–H groups in total. The molecule has 0 saturated carbocycles. The highest BCUT2D eigenvalue weighted by molar-refractivity contribution is 5.86. The molecule has 1 heterocycles. The maximum atomic E-state index is 12.3. The average Bonchev–Trinajstić information content (AvgIpc) is 2.76. The zero-order valence-corrected chi connectivity index (χ0v) is 19.2. The predicted molar refractivity (Wildman–Crippen MR) is 119 cm³/mol. The lowest BCUT2D eigenvalue weighted by atomic mass is 9.97. The fourth-order valence-corrected chi connectivity index (χ4v) is 3.07. The first kappa shape index (κ1) is 26.7. The molecule has 5 atom stereocenters. The second-order valence-electron chi connectivity index (χ2n) is 8.75. The first-order valence-corrected chi connectivity index (χ1v) is 10.7. The highest BCUT2D eigenvalue weighted by Crippen LogP contribution is 2.24. The minimum Gasteiger partial charge on any atom is -0.461 e. The molecule has 10 heteroatoms. The highest BCUT2D eigenvalue weighted by Gasteiger charge is 2.45. The number of amides is 1. The molecule has 0 bridgehead atoms. The third-order valence-electron chi connectivity index (χ3n) is 5.05. The summed E-state index contributed by atoms with van der Waals surface area (Å²) < 4.78 is 15.4. The molecule has 0 aliphatic carbocycles. The van der Waals surface area contributed by atoms with Crippen LogP contribution in [0.3, 0.4) is 0 Å². The van der Waals surface area contributed by atoms with Gasteiger partial charge in [-0.2, -0.15) is 0 Å². The van der Waals surface area contributed by atoms with Crippen LogP contribution in [0, 0.1) is 5.41 Å². The van der Waals surface area contributed by atoms with Crippen molar-refractivity contribution in [2.24, 2.45) is 5.41 Å². The Hall–Kier alpha value is -2.50. The van der Waals surface area contributed by atoms with E-state index in [1.807, 2.05) is 13.0 Å². The summed E-state index contributed by atoms with van der Waals surface area (Å²) >= 11 is 0. The van der Waals surface area contributed by atoms with Gasteiger partial charge in [0.15, 0.2) is 0 Å². The Morgan fingerprint density at radius 2 is 1.85 bits per heavy atom. The lowest BCUT2D eigenvalue weighted by molar-refractivity contribution is -0.283. The van der Waals surface area contributed by atoms with Crippen molar-refractivity contribution >= 4 is 23.8 Å². The Morgan fingerprint density at radius 1 is 1.15 bits per heavy atom. The molecule has 1 aliphatic heterocycles. The van der Waals surface area contributed by atoms with Gasteiger partial charge in [-0.05, 0) is 56.5 Å². The summed E-state index contributed by atoms with van der Waals surface area (Å²) in [7, 11) is 0. The molecule has 33 heavy (non-hydrogen) atoms. The van der Waals surface area contributed by atoms with E-state index in [0.717, 1.165) is 11.1 Å². The number of carbonyl (C=O) groups excluding carboxylic acids is 2. The lowest BCUT2D eigenvalue weighted by Gasteiger charge is -2.39. The van der Waals surface area contributed by atoms with E-state index in [-0.39, 0.29) is 12.6 Å². The normalized spacial score (nSPS) is 25.6. The van der Waals surface area contributed by atoms with E-state index in [2.05, 4.69) is 5.32 Å². The van der Waals surface area contributed by atoms with Gasteiger partial charge in [-0.15, -0.1) is 0 Å². The number of hydrogen-bond donors (Lipinski definition) is 5. The number of hydrogen-bond acceptors (Lipinski definition) is 9. The van der Waals surface area contributed by atoms with Crippen LogP contribution in [0.2, 0.25) is 0 Å². The molecular weight excluding hydrogens is 434 g/mol. The van der Waals surface area contributed by atoms with Gasteiger partial charge >= 0.3 is 12.1 Å². The number of benzene rings is 1. The summed E-state index contributed by atoms with van der Waals surface area (Å²) in [6.07, 6.45) is -4.44. The number of ether oxygens (including phenoxy) is 3. The van der Waals surface area contributed by atoms with Crippen LogP contribution in [0.15, 0.2) is 24.3 Å². The van der Waals surface area contributed by atoms with Crippen molar-refractivity contribution in [1.29, 1.82) is 0 Å². The van der Waals surface area contributed by atoms with Gasteiger partial charge in [0.05, 0.1) is 12.0 Å². The fourth-order valence-electron chi connectivity index (χ4n) is 3.07. The molecule has 10 nitrogen and oxygen atoms in total. The van der Waals surface area contributed by atoms with Crippen LogP contribution in [0.1, 0.15) is 38.8 Å². The Kier molecular flexibility index (Phi) is 9.38. The van der Waals surface area contributed by atoms with Gasteiger partial charge in [0, 0.05) is 5.69 Å². The minimum absolute atomic E-state index is 0.142. The molecular formula is C23H33NO9. The van der Waals surface area contributed by atoms with Crippen LogP contribution in [-0.2, 0) is 25.4 Å². The number of nitrogens with one attached hydrogen (secondary N) is 1. The van der Waals surface area contributed by atoms with E-state index >= 15 is 0 Å². The standard InChI is InChI=1S/C23H33NO9/c1-5-14-11-13(7-6-10-31-21(29)23(2,3)4)8-9-15(14)24-22(30)33-20-19(28)18(27)17(26)16(12-25)32-20/h6-9,11,16-20,25-28H,5,10,12H2,1-4H3,(H,24,30)/b7-6+/t16-,17+,18+,19-,20+/m1/s1. The quantitative estimate of drug-likeness (QED) is 0.372. The predicted octanol–water partition coefficient (Wildman–Crippen LogP) is 1.20. The number of esters is 1. The van der Waals surface area contributed by atoms with Gasteiger partial charge in [-0.25, -0.2) is 4.79 Å². The molecule has 1 aliphatic rings. The molecule has 0 spiro atoms. The third-order valence-corrected chi connectivity index (χ3v) is 5.05. The lowest BCUT2D eigenvalue weighted by Crippen LogP contribution is -2.59. The summed E-state index contributed by atoms with van der Waals surface area (Å²) in [6, 6.07) is 5.28. The van der Waals surface area contributed by atoms with E-state index in [1.54, 1.807) is 45.1 Å². The summed E-state index contributed by atoms with van der Waals surface area (Å²) in [5.74, 6) is -0.293. The number of aryl methyl sites for hydroxylation is 1. The molecule has 1 aromatic rings. The number of aliphatic hydroxyl groups excluding tert-OH is 4. The molecule has 184 valence electrons. The third kappa shape index (κ3) is 7.24. The Balaban J connectivity index is 1.98. The number of aliphatic hydroxyl groups is 4.